The average molecular weight is 316 g/mol. The molecule has 1 heterocycles. The number of nitrogens with zero attached hydrogens (tertiary/aromatic N) is 1. The molecule has 0 fully saturated rings. The topological polar surface area (TPSA) is 3.88 Å². The zero-order valence-corrected chi connectivity index (χ0v) is 14.4. The van der Waals surface area contributed by atoms with Gasteiger partial charge in [0.1, 0.15) is 0 Å². The van der Waals surface area contributed by atoms with Crippen LogP contribution in [0.4, 0.5) is 0 Å². The minimum Gasteiger partial charge on any atom is -0.194 e. The van der Waals surface area contributed by atoms with Gasteiger partial charge in [-0.2, -0.15) is 4.57 Å². The highest BCUT2D eigenvalue weighted by Crippen LogP contribution is 2.21. The number of aromatic nitrogens is 1. The molecule has 0 spiro atoms. The Morgan fingerprint density at radius 1 is 0.708 bits per heavy atom. The van der Waals surface area contributed by atoms with Crippen LogP contribution in [0.25, 0.3) is 0 Å². The van der Waals surface area contributed by atoms with Crippen LogP contribution in [0.3, 0.4) is 0 Å². The summed E-state index contributed by atoms with van der Waals surface area (Å²) < 4.78 is 2.31. The van der Waals surface area contributed by atoms with E-state index in [1.807, 2.05) is 0 Å². The lowest BCUT2D eigenvalue weighted by molar-refractivity contribution is -0.704. The molecule has 0 aliphatic heterocycles. The van der Waals surface area contributed by atoms with E-state index in [-0.39, 0.29) is 6.04 Å². The highest BCUT2D eigenvalue weighted by atomic mass is 15.0. The second kappa shape index (κ2) is 8.44. The van der Waals surface area contributed by atoms with Crippen LogP contribution in [0.5, 0.6) is 0 Å². The summed E-state index contributed by atoms with van der Waals surface area (Å²) in [5, 5.41) is 0. The lowest BCUT2D eigenvalue weighted by atomic mass is 9.98. The van der Waals surface area contributed by atoms with E-state index in [2.05, 4.69) is 96.7 Å². The van der Waals surface area contributed by atoms with Crippen molar-refractivity contribution in [1.82, 2.24) is 0 Å². The van der Waals surface area contributed by atoms with E-state index >= 15 is 0 Å². The van der Waals surface area contributed by atoms with Crippen molar-refractivity contribution in [2.45, 2.75) is 38.6 Å². The molecule has 0 aliphatic rings. The predicted octanol–water partition coefficient (Wildman–Crippen LogP) is 5.34. The first-order valence-electron chi connectivity index (χ1n) is 8.98. The number of rotatable bonds is 7. The van der Waals surface area contributed by atoms with Gasteiger partial charge in [-0.25, -0.2) is 0 Å². The van der Waals surface area contributed by atoms with Crippen molar-refractivity contribution >= 4 is 0 Å². The third-order valence-electron chi connectivity index (χ3n) is 4.52. The van der Waals surface area contributed by atoms with Gasteiger partial charge in [0, 0.05) is 23.3 Å². The minimum atomic E-state index is 0.220. The molecule has 0 bridgehead atoms. The van der Waals surface area contributed by atoms with Crippen LogP contribution in [-0.4, -0.2) is 0 Å². The number of unbranched alkanes of at least 4 members (excludes halogenated alkanes) is 2. The number of aryl methyl sites for hydroxylation is 1. The molecule has 3 rings (SSSR count). The molecule has 0 saturated carbocycles. The Bertz CT molecular complexity index is 678. The summed E-state index contributed by atoms with van der Waals surface area (Å²) in [6.45, 7) is 2.25. The molecule has 0 N–H and O–H groups in total. The van der Waals surface area contributed by atoms with E-state index in [1.54, 1.807) is 0 Å². The predicted molar refractivity (Wildman–Crippen MR) is 100.0 cm³/mol. The maximum absolute atomic E-state index is 2.31. The Balaban J connectivity index is 1.89. The first-order valence-corrected chi connectivity index (χ1v) is 8.98. The van der Waals surface area contributed by atoms with Gasteiger partial charge < -0.3 is 0 Å². The minimum absolute atomic E-state index is 0.220. The normalized spacial score (nSPS) is 10.9. The second-order valence-corrected chi connectivity index (χ2v) is 6.33. The van der Waals surface area contributed by atoms with Crippen LogP contribution in [0.2, 0.25) is 0 Å². The van der Waals surface area contributed by atoms with Crippen LogP contribution in [-0.2, 0) is 6.42 Å². The summed E-state index contributed by atoms with van der Waals surface area (Å²) in [7, 11) is 0. The smallest absolute Gasteiger partial charge is 0.194 e. The Morgan fingerprint density at radius 3 is 1.75 bits per heavy atom. The van der Waals surface area contributed by atoms with E-state index in [4.69, 9.17) is 0 Å². The highest BCUT2D eigenvalue weighted by Gasteiger charge is 2.22. The van der Waals surface area contributed by atoms with Crippen LogP contribution >= 0.6 is 0 Å². The molecule has 0 atom stereocenters. The first kappa shape index (κ1) is 16.4. The molecule has 0 unspecified atom stereocenters. The van der Waals surface area contributed by atoms with Crippen molar-refractivity contribution in [1.29, 1.82) is 0 Å². The molecule has 0 saturated heterocycles. The second-order valence-electron chi connectivity index (χ2n) is 6.33. The van der Waals surface area contributed by atoms with Crippen molar-refractivity contribution in [3.8, 4) is 0 Å². The van der Waals surface area contributed by atoms with Crippen molar-refractivity contribution < 1.29 is 4.57 Å². The van der Waals surface area contributed by atoms with E-state index in [0.717, 1.165) is 0 Å². The maximum atomic E-state index is 2.31. The molecular weight excluding hydrogens is 290 g/mol. The lowest BCUT2D eigenvalue weighted by Gasteiger charge is -2.14. The van der Waals surface area contributed by atoms with Crippen molar-refractivity contribution in [2.24, 2.45) is 0 Å². The molecule has 1 nitrogen and oxygen atoms in total. The van der Waals surface area contributed by atoms with Crippen LogP contribution in [0.1, 0.15) is 48.9 Å². The third kappa shape index (κ3) is 4.11. The molecule has 1 aromatic heterocycles. The summed E-state index contributed by atoms with van der Waals surface area (Å²) >= 11 is 0. The molecule has 3 aromatic rings. The monoisotopic (exact) mass is 316 g/mol. The molecule has 2 aromatic carbocycles. The fourth-order valence-corrected chi connectivity index (χ4v) is 3.19. The maximum Gasteiger partial charge on any atom is 0.208 e. The number of hydrogen-bond acceptors (Lipinski definition) is 0. The lowest BCUT2D eigenvalue weighted by Crippen LogP contribution is -2.40. The molecule has 0 aliphatic carbocycles. The summed E-state index contributed by atoms with van der Waals surface area (Å²) in [5.41, 5.74) is 4.06. The van der Waals surface area contributed by atoms with Gasteiger partial charge in [0.15, 0.2) is 12.4 Å². The van der Waals surface area contributed by atoms with Crippen LogP contribution in [0.15, 0.2) is 85.2 Å². The van der Waals surface area contributed by atoms with Gasteiger partial charge >= 0.3 is 0 Å². The van der Waals surface area contributed by atoms with Crippen molar-refractivity contribution in [3.05, 3.63) is 102 Å². The molecule has 24 heavy (non-hydrogen) atoms. The summed E-state index contributed by atoms with van der Waals surface area (Å²) in [4.78, 5) is 0. The summed E-state index contributed by atoms with van der Waals surface area (Å²) in [5.74, 6) is 0. The fourth-order valence-electron chi connectivity index (χ4n) is 3.19. The Kier molecular flexibility index (Phi) is 5.79. The summed E-state index contributed by atoms with van der Waals surface area (Å²) in [6.07, 6.45) is 9.50. The zero-order chi connectivity index (χ0) is 16.6. The standard InChI is InChI=1S/C23H26N/c1-2-3-6-11-20-16-18-24(19-17-20)23(21-12-7-4-8-13-21)22-14-9-5-10-15-22/h4-5,7-10,12-19,23H,2-3,6,11H2,1H3/q+1. The molecule has 0 amide bonds. The zero-order valence-electron chi connectivity index (χ0n) is 14.4. The molecule has 1 heteroatoms. The van der Waals surface area contributed by atoms with Gasteiger partial charge in [-0.1, -0.05) is 80.4 Å². The van der Waals surface area contributed by atoms with Gasteiger partial charge in [0.05, 0.1) is 0 Å². The number of hydrogen-bond donors (Lipinski definition) is 0. The highest BCUT2D eigenvalue weighted by molar-refractivity contribution is 5.29. The average Bonchev–Trinajstić information content (AvgIpc) is 2.65. The Hall–Kier alpha value is -2.41. The van der Waals surface area contributed by atoms with Crippen LogP contribution < -0.4 is 4.57 Å². The first-order chi connectivity index (χ1) is 11.9. The summed E-state index contributed by atoms with van der Waals surface area (Å²) in [6, 6.07) is 26.2. The molecule has 122 valence electrons. The largest absolute Gasteiger partial charge is 0.208 e. The van der Waals surface area contributed by atoms with Gasteiger partial charge in [-0.3, -0.25) is 0 Å². The van der Waals surface area contributed by atoms with E-state index in [0.29, 0.717) is 0 Å². The molecule has 0 radical (unpaired) electrons. The Morgan fingerprint density at radius 2 is 1.25 bits per heavy atom. The number of benzene rings is 2. The van der Waals surface area contributed by atoms with Gasteiger partial charge in [0.25, 0.3) is 0 Å². The quantitative estimate of drug-likeness (QED) is 0.409. The SMILES string of the molecule is CCCCCc1cc[n+](C(c2ccccc2)c2ccccc2)cc1. The van der Waals surface area contributed by atoms with Crippen molar-refractivity contribution in [3.63, 3.8) is 0 Å². The van der Waals surface area contributed by atoms with Gasteiger partial charge in [-0.05, 0) is 18.4 Å². The molecular formula is C23H26N+. The van der Waals surface area contributed by atoms with Gasteiger partial charge in [-0.15, -0.1) is 0 Å². The van der Waals surface area contributed by atoms with E-state index in [9.17, 15) is 0 Å². The van der Waals surface area contributed by atoms with E-state index in [1.165, 1.54) is 42.4 Å². The third-order valence-corrected chi connectivity index (χ3v) is 4.52. The van der Waals surface area contributed by atoms with Gasteiger partial charge in [0.2, 0.25) is 6.04 Å². The Labute approximate surface area is 145 Å². The number of pyridine rings is 1. The van der Waals surface area contributed by atoms with Crippen molar-refractivity contribution in [2.75, 3.05) is 0 Å². The van der Waals surface area contributed by atoms with Crippen LogP contribution in [0, 0.1) is 0 Å². The fraction of sp³-hybridized carbons (Fsp3) is 0.261. The van der Waals surface area contributed by atoms with E-state index < -0.39 is 0 Å².